The predicted molar refractivity (Wildman–Crippen MR) is 121 cm³/mol. The number of hydrogen-bond donors (Lipinski definition) is 3. The van der Waals surface area contributed by atoms with Crippen LogP contribution in [0.25, 0.3) is 0 Å². The number of hydrazine groups is 1. The Morgan fingerprint density at radius 3 is 2.40 bits per heavy atom. The molecule has 9 heteroatoms. The fourth-order valence-corrected chi connectivity index (χ4v) is 3.51. The number of ether oxygens (including phenoxy) is 1. The Kier molecular flexibility index (Phi) is 9.69. The predicted octanol–water partition coefficient (Wildman–Crippen LogP) is 2.70. The van der Waals surface area contributed by atoms with Crippen molar-refractivity contribution in [3.8, 4) is 5.75 Å². The monoisotopic (exact) mass is 493 g/mol. The third-order valence-electron chi connectivity index (χ3n) is 4.20. The number of carbonyl (C=O) groups is 3. The fourth-order valence-electron chi connectivity index (χ4n) is 2.58. The smallest absolute Gasteiger partial charge is 0.260 e. The van der Waals surface area contributed by atoms with Crippen LogP contribution in [0.4, 0.5) is 0 Å². The summed E-state index contributed by atoms with van der Waals surface area (Å²) in [6.45, 7) is 0. The van der Waals surface area contributed by atoms with Gasteiger partial charge in [-0.1, -0.05) is 24.3 Å². The molecular formula is C21H24BrN3O4S. The van der Waals surface area contributed by atoms with E-state index in [0.717, 1.165) is 5.56 Å². The van der Waals surface area contributed by atoms with Crippen molar-refractivity contribution in [3.05, 3.63) is 64.1 Å². The molecule has 0 aliphatic rings. The number of carbonyl (C=O) groups excluding carboxylic acids is 3. The van der Waals surface area contributed by atoms with Gasteiger partial charge in [-0.15, -0.1) is 0 Å². The maximum Gasteiger partial charge on any atom is 0.260 e. The number of amides is 3. The summed E-state index contributed by atoms with van der Waals surface area (Å²) in [5.41, 5.74) is 6.03. The van der Waals surface area contributed by atoms with Crippen molar-refractivity contribution >= 4 is 45.4 Å². The summed E-state index contributed by atoms with van der Waals surface area (Å²) in [4.78, 5) is 37.3. The molecule has 0 fully saturated rings. The molecule has 0 aliphatic heterocycles. The Balaban J connectivity index is 1.92. The maximum atomic E-state index is 12.6. The van der Waals surface area contributed by atoms with E-state index in [4.69, 9.17) is 4.74 Å². The van der Waals surface area contributed by atoms with Gasteiger partial charge >= 0.3 is 0 Å². The maximum absolute atomic E-state index is 12.6. The van der Waals surface area contributed by atoms with Crippen molar-refractivity contribution in [2.45, 2.75) is 18.9 Å². The summed E-state index contributed by atoms with van der Waals surface area (Å²) in [6, 6.07) is 13.3. The largest absolute Gasteiger partial charge is 0.497 e. The molecular weight excluding hydrogens is 470 g/mol. The number of thioether (sulfide) groups is 1. The number of rotatable bonds is 9. The van der Waals surface area contributed by atoms with Gasteiger partial charge in [-0.2, -0.15) is 11.8 Å². The van der Waals surface area contributed by atoms with Crippen molar-refractivity contribution in [1.29, 1.82) is 0 Å². The number of nitrogens with one attached hydrogen (secondary N) is 3. The first-order chi connectivity index (χ1) is 14.4. The van der Waals surface area contributed by atoms with Gasteiger partial charge in [-0.05, 0) is 64.2 Å². The van der Waals surface area contributed by atoms with Gasteiger partial charge in [0.15, 0.2) is 0 Å². The van der Waals surface area contributed by atoms with Crippen LogP contribution in [0.5, 0.6) is 5.75 Å². The third-order valence-corrected chi connectivity index (χ3v) is 5.54. The Morgan fingerprint density at radius 1 is 1.07 bits per heavy atom. The molecule has 0 bridgehead atoms. The molecule has 2 rings (SSSR count). The van der Waals surface area contributed by atoms with E-state index in [1.165, 1.54) is 0 Å². The number of hydrogen-bond acceptors (Lipinski definition) is 5. The van der Waals surface area contributed by atoms with Gasteiger partial charge < -0.3 is 10.1 Å². The third kappa shape index (κ3) is 7.38. The van der Waals surface area contributed by atoms with Crippen LogP contribution in [0, 0.1) is 0 Å². The molecule has 0 saturated carbocycles. The molecule has 0 heterocycles. The molecule has 0 unspecified atom stereocenters. The van der Waals surface area contributed by atoms with Crippen LogP contribution in [0.15, 0.2) is 53.0 Å². The van der Waals surface area contributed by atoms with Crippen molar-refractivity contribution in [1.82, 2.24) is 16.2 Å². The van der Waals surface area contributed by atoms with E-state index in [1.807, 2.05) is 6.26 Å². The molecule has 3 N–H and O–H groups in total. The van der Waals surface area contributed by atoms with Crippen LogP contribution >= 0.6 is 27.7 Å². The van der Waals surface area contributed by atoms with Crippen LogP contribution in [0.3, 0.4) is 0 Å². The van der Waals surface area contributed by atoms with E-state index in [2.05, 4.69) is 32.1 Å². The minimum absolute atomic E-state index is 0.100. The zero-order valence-electron chi connectivity index (χ0n) is 16.7. The number of benzene rings is 2. The highest BCUT2D eigenvalue weighted by molar-refractivity contribution is 9.10. The van der Waals surface area contributed by atoms with Crippen LogP contribution in [0.2, 0.25) is 0 Å². The summed E-state index contributed by atoms with van der Waals surface area (Å²) in [6.07, 6.45) is 2.45. The normalized spacial score (nSPS) is 11.3. The van der Waals surface area contributed by atoms with Crippen LogP contribution in [-0.4, -0.2) is 42.9 Å². The minimum atomic E-state index is -0.779. The lowest BCUT2D eigenvalue weighted by Crippen LogP contribution is -2.52. The molecule has 1 atom stereocenters. The molecule has 30 heavy (non-hydrogen) atoms. The van der Waals surface area contributed by atoms with E-state index in [9.17, 15) is 14.4 Å². The van der Waals surface area contributed by atoms with Crippen LogP contribution < -0.4 is 20.9 Å². The van der Waals surface area contributed by atoms with E-state index in [0.29, 0.717) is 28.0 Å². The Labute approximate surface area is 188 Å². The Morgan fingerprint density at radius 2 is 1.77 bits per heavy atom. The van der Waals surface area contributed by atoms with E-state index < -0.39 is 11.9 Å². The number of methoxy groups -OCH3 is 1. The molecule has 2 aromatic rings. The standard InChI is InChI=1S/C21H24BrN3O4S/c1-29-15-9-7-14(8-10-15)13-19(26)24-25-21(28)18(11-12-30-2)23-20(27)16-5-3-4-6-17(16)22/h3-10,18H,11-13H2,1-2H3,(H,23,27)(H,24,26)(H,25,28)/t18-/m1/s1. The average molecular weight is 494 g/mol. The average Bonchev–Trinajstić information content (AvgIpc) is 2.75. The zero-order chi connectivity index (χ0) is 21.9. The lowest BCUT2D eigenvalue weighted by molar-refractivity contribution is -0.129. The van der Waals surface area contributed by atoms with Gasteiger partial charge in [0, 0.05) is 4.47 Å². The minimum Gasteiger partial charge on any atom is -0.497 e. The second-order valence-corrected chi connectivity index (χ2v) is 8.19. The topological polar surface area (TPSA) is 96.5 Å². The van der Waals surface area contributed by atoms with Gasteiger partial charge in [-0.25, -0.2) is 0 Å². The summed E-state index contributed by atoms with van der Waals surface area (Å²) >= 11 is 4.90. The zero-order valence-corrected chi connectivity index (χ0v) is 19.1. The second kappa shape index (κ2) is 12.2. The molecule has 0 aromatic heterocycles. The highest BCUT2D eigenvalue weighted by Crippen LogP contribution is 2.16. The lowest BCUT2D eigenvalue weighted by Gasteiger charge is -2.19. The molecule has 160 valence electrons. The van der Waals surface area contributed by atoms with Crippen LogP contribution in [0.1, 0.15) is 22.3 Å². The van der Waals surface area contributed by atoms with Crippen LogP contribution in [-0.2, 0) is 16.0 Å². The SMILES string of the molecule is COc1ccc(CC(=O)NNC(=O)[C@@H](CCSC)NC(=O)c2ccccc2Br)cc1. The Bertz CT molecular complexity index is 877. The van der Waals surface area contributed by atoms with Gasteiger partial charge in [0.2, 0.25) is 5.91 Å². The van der Waals surface area contributed by atoms with Gasteiger partial charge in [-0.3, -0.25) is 25.2 Å². The first-order valence-electron chi connectivity index (χ1n) is 9.20. The van der Waals surface area contributed by atoms with E-state index in [-0.39, 0.29) is 18.2 Å². The van der Waals surface area contributed by atoms with Crippen molar-refractivity contribution in [2.24, 2.45) is 0 Å². The van der Waals surface area contributed by atoms with E-state index >= 15 is 0 Å². The molecule has 3 amide bonds. The first kappa shape index (κ1) is 23.8. The molecule has 0 radical (unpaired) electrons. The first-order valence-corrected chi connectivity index (χ1v) is 11.4. The lowest BCUT2D eigenvalue weighted by atomic mass is 10.1. The highest BCUT2D eigenvalue weighted by atomic mass is 79.9. The van der Waals surface area contributed by atoms with E-state index in [1.54, 1.807) is 67.4 Å². The molecule has 0 spiro atoms. The van der Waals surface area contributed by atoms with Gasteiger partial charge in [0.1, 0.15) is 11.8 Å². The summed E-state index contributed by atoms with van der Waals surface area (Å²) < 4.78 is 5.72. The molecule has 0 aliphatic carbocycles. The van der Waals surface area contributed by atoms with Gasteiger partial charge in [0.05, 0.1) is 19.1 Å². The quantitative estimate of drug-likeness (QED) is 0.466. The Hall–Kier alpha value is -2.52. The molecule has 2 aromatic carbocycles. The second-order valence-electron chi connectivity index (χ2n) is 6.35. The van der Waals surface area contributed by atoms with Gasteiger partial charge in [0.25, 0.3) is 11.8 Å². The van der Waals surface area contributed by atoms with Crippen molar-refractivity contribution in [3.63, 3.8) is 0 Å². The molecule has 0 saturated heterocycles. The fraction of sp³-hybridized carbons (Fsp3) is 0.286. The summed E-state index contributed by atoms with van der Waals surface area (Å²) in [5, 5.41) is 2.74. The summed E-state index contributed by atoms with van der Waals surface area (Å²) in [7, 11) is 1.57. The molecule has 7 nitrogen and oxygen atoms in total. The van der Waals surface area contributed by atoms with Crippen molar-refractivity contribution < 1.29 is 19.1 Å². The van der Waals surface area contributed by atoms with Crippen molar-refractivity contribution in [2.75, 3.05) is 19.1 Å². The highest BCUT2D eigenvalue weighted by Gasteiger charge is 2.22. The summed E-state index contributed by atoms with van der Waals surface area (Å²) in [5.74, 6) is 0.161. The number of halogens is 1.